The monoisotopic (exact) mass is 367 g/mol. The molecule has 0 fully saturated rings. The second kappa shape index (κ2) is 9.65. The van der Waals surface area contributed by atoms with Crippen molar-refractivity contribution in [2.45, 2.75) is 26.9 Å². The number of nitrogens with zero attached hydrogens (tertiary/aromatic N) is 3. The van der Waals surface area contributed by atoms with Crippen molar-refractivity contribution in [1.29, 1.82) is 0 Å². The Balaban J connectivity index is 2.22. The van der Waals surface area contributed by atoms with Crippen molar-refractivity contribution in [3.8, 4) is 11.5 Å². The first-order chi connectivity index (χ1) is 12.1. The number of rotatable bonds is 10. The van der Waals surface area contributed by atoms with E-state index in [0.29, 0.717) is 49.4 Å². The summed E-state index contributed by atoms with van der Waals surface area (Å²) < 4.78 is 13.3. The van der Waals surface area contributed by atoms with Crippen molar-refractivity contribution in [1.82, 2.24) is 14.5 Å². The summed E-state index contributed by atoms with van der Waals surface area (Å²) in [6.45, 7) is 6.84. The van der Waals surface area contributed by atoms with E-state index in [-0.39, 0.29) is 6.61 Å². The summed E-state index contributed by atoms with van der Waals surface area (Å²) in [5.74, 6) is 1.34. The van der Waals surface area contributed by atoms with Gasteiger partial charge in [-0.1, -0.05) is 11.6 Å². The molecular formula is C18H26ClN3O3. The van der Waals surface area contributed by atoms with E-state index in [1.807, 2.05) is 37.7 Å². The van der Waals surface area contributed by atoms with Crippen molar-refractivity contribution in [2.24, 2.45) is 7.05 Å². The third-order valence-electron chi connectivity index (χ3n) is 3.82. The van der Waals surface area contributed by atoms with Crippen LogP contribution in [0.4, 0.5) is 0 Å². The zero-order valence-corrected chi connectivity index (χ0v) is 15.8. The van der Waals surface area contributed by atoms with Crippen LogP contribution in [0.25, 0.3) is 0 Å². The van der Waals surface area contributed by atoms with Gasteiger partial charge in [-0.15, -0.1) is 0 Å². The maximum absolute atomic E-state index is 9.39. The van der Waals surface area contributed by atoms with Crippen molar-refractivity contribution in [3.05, 3.63) is 40.9 Å². The van der Waals surface area contributed by atoms with Crippen LogP contribution in [0, 0.1) is 0 Å². The number of hydrogen-bond donors (Lipinski definition) is 1. The van der Waals surface area contributed by atoms with Gasteiger partial charge in [0.2, 0.25) is 0 Å². The van der Waals surface area contributed by atoms with Gasteiger partial charge in [0.1, 0.15) is 0 Å². The SMILES string of the molecule is CCOc1cc(Cl)c(CN(CCO)Cc2cncn2C)cc1OCC. The van der Waals surface area contributed by atoms with E-state index in [4.69, 9.17) is 21.1 Å². The van der Waals surface area contributed by atoms with E-state index in [0.717, 1.165) is 11.3 Å². The fourth-order valence-electron chi connectivity index (χ4n) is 2.60. The molecule has 0 saturated heterocycles. The van der Waals surface area contributed by atoms with Crippen molar-refractivity contribution in [3.63, 3.8) is 0 Å². The number of benzene rings is 1. The first-order valence-corrected chi connectivity index (χ1v) is 8.83. The molecule has 6 nitrogen and oxygen atoms in total. The predicted octanol–water partition coefficient (Wildman–Crippen LogP) is 2.87. The number of halogens is 1. The van der Waals surface area contributed by atoms with Crippen LogP contribution in [0.2, 0.25) is 5.02 Å². The van der Waals surface area contributed by atoms with Gasteiger partial charge < -0.3 is 19.1 Å². The second-order valence-corrected chi connectivity index (χ2v) is 6.09. The minimum atomic E-state index is 0.0742. The molecule has 0 saturated carbocycles. The zero-order valence-electron chi connectivity index (χ0n) is 15.0. The van der Waals surface area contributed by atoms with Gasteiger partial charge in [-0.25, -0.2) is 4.98 Å². The number of aliphatic hydroxyl groups excluding tert-OH is 1. The molecule has 1 aromatic heterocycles. The third-order valence-corrected chi connectivity index (χ3v) is 4.18. The Labute approximate surface area is 153 Å². The van der Waals surface area contributed by atoms with Crippen LogP contribution < -0.4 is 9.47 Å². The topological polar surface area (TPSA) is 59.8 Å². The Kier molecular flexibility index (Phi) is 7.55. The minimum absolute atomic E-state index is 0.0742. The smallest absolute Gasteiger partial charge is 0.162 e. The maximum atomic E-state index is 9.39. The van der Waals surface area contributed by atoms with Crippen LogP contribution in [0.3, 0.4) is 0 Å². The van der Waals surface area contributed by atoms with Crippen LogP contribution in [-0.2, 0) is 20.1 Å². The molecule has 25 heavy (non-hydrogen) atoms. The van der Waals surface area contributed by atoms with Crippen LogP contribution in [0.1, 0.15) is 25.1 Å². The molecule has 0 amide bonds. The van der Waals surface area contributed by atoms with Crippen molar-refractivity contribution in [2.75, 3.05) is 26.4 Å². The van der Waals surface area contributed by atoms with E-state index < -0.39 is 0 Å². The summed E-state index contributed by atoms with van der Waals surface area (Å²) in [4.78, 5) is 6.26. The number of aromatic nitrogens is 2. The maximum Gasteiger partial charge on any atom is 0.162 e. The number of ether oxygens (including phenoxy) is 2. The van der Waals surface area contributed by atoms with Crippen LogP contribution in [0.5, 0.6) is 11.5 Å². The molecule has 1 heterocycles. The summed E-state index contributed by atoms with van der Waals surface area (Å²) in [6, 6.07) is 3.72. The molecule has 2 rings (SSSR count). The van der Waals surface area contributed by atoms with Gasteiger partial charge in [0.15, 0.2) is 11.5 Å². The Bertz CT molecular complexity index is 676. The standard InChI is InChI=1S/C18H26ClN3O3/c1-4-24-17-8-14(16(19)9-18(17)25-5-2)11-22(6-7-23)12-15-10-20-13-21(15)3/h8-10,13,23H,4-7,11-12H2,1-3H3. The Morgan fingerprint density at radius 1 is 1.16 bits per heavy atom. The molecule has 0 aliphatic heterocycles. The molecule has 0 spiro atoms. The molecule has 0 aliphatic carbocycles. The van der Waals surface area contributed by atoms with Gasteiger partial charge in [-0.2, -0.15) is 0 Å². The number of imidazole rings is 1. The van der Waals surface area contributed by atoms with Gasteiger partial charge in [0.05, 0.1) is 31.8 Å². The summed E-state index contributed by atoms with van der Waals surface area (Å²) >= 11 is 6.45. The molecule has 138 valence electrons. The zero-order chi connectivity index (χ0) is 18.2. The first-order valence-electron chi connectivity index (χ1n) is 8.45. The van der Waals surface area contributed by atoms with E-state index in [9.17, 15) is 5.11 Å². The lowest BCUT2D eigenvalue weighted by atomic mass is 10.1. The van der Waals surface area contributed by atoms with Crippen molar-refractivity contribution < 1.29 is 14.6 Å². The number of aliphatic hydroxyl groups is 1. The van der Waals surface area contributed by atoms with Crippen molar-refractivity contribution >= 4 is 11.6 Å². The minimum Gasteiger partial charge on any atom is -0.490 e. The molecule has 0 bridgehead atoms. The van der Waals surface area contributed by atoms with Crippen LogP contribution in [0.15, 0.2) is 24.7 Å². The number of aryl methyl sites for hydroxylation is 1. The largest absolute Gasteiger partial charge is 0.490 e. The third kappa shape index (κ3) is 5.36. The highest BCUT2D eigenvalue weighted by atomic mass is 35.5. The highest BCUT2D eigenvalue weighted by Gasteiger charge is 2.15. The van der Waals surface area contributed by atoms with E-state index >= 15 is 0 Å². The lowest BCUT2D eigenvalue weighted by Gasteiger charge is -2.23. The van der Waals surface area contributed by atoms with Gasteiger partial charge in [-0.3, -0.25) is 4.90 Å². The van der Waals surface area contributed by atoms with E-state index in [2.05, 4.69) is 9.88 Å². The highest BCUT2D eigenvalue weighted by Crippen LogP contribution is 2.34. The average molecular weight is 368 g/mol. The molecule has 1 aromatic carbocycles. The van der Waals surface area contributed by atoms with Crippen LogP contribution >= 0.6 is 11.6 Å². The molecule has 7 heteroatoms. The molecule has 0 unspecified atom stereocenters. The van der Waals surface area contributed by atoms with Gasteiger partial charge in [0.25, 0.3) is 0 Å². The first kappa shape index (κ1) is 19.6. The summed E-state index contributed by atoms with van der Waals surface area (Å²) in [7, 11) is 1.95. The fourth-order valence-corrected chi connectivity index (χ4v) is 2.81. The number of hydrogen-bond acceptors (Lipinski definition) is 5. The quantitative estimate of drug-likeness (QED) is 0.699. The van der Waals surface area contributed by atoms with E-state index in [1.54, 1.807) is 12.4 Å². The molecule has 0 atom stereocenters. The van der Waals surface area contributed by atoms with Gasteiger partial charge in [0, 0.05) is 44.0 Å². The predicted molar refractivity (Wildman–Crippen MR) is 98.2 cm³/mol. The fraction of sp³-hybridized carbons (Fsp3) is 0.500. The summed E-state index contributed by atoms with van der Waals surface area (Å²) in [5, 5.41) is 10.0. The molecule has 1 N–H and O–H groups in total. The molecule has 2 aromatic rings. The lowest BCUT2D eigenvalue weighted by molar-refractivity contribution is 0.181. The van der Waals surface area contributed by atoms with Gasteiger partial charge >= 0.3 is 0 Å². The Morgan fingerprint density at radius 3 is 2.40 bits per heavy atom. The Hall–Kier alpha value is -1.76. The second-order valence-electron chi connectivity index (χ2n) is 5.69. The van der Waals surface area contributed by atoms with E-state index in [1.165, 1.54) is 0 Å². The van der Waals surface area contributed by atoms with Crippen LogP contribution in [-0.4, -0.2) is 45.9 Å². The van der Waals surface area contributed by atoms with Gasteiger partial charge in [-0.05, 0) is 25.5 Å². The lowest BCUT2D eigenvalue weighted by Crippen LogP contribution is -2.27. The summed E-state index contributed by atoms with van der Waals surface area (Å²) in [5.41, 5.74) is 2.00. The molecule has 0 radical (unpaired) electrons. The molecule has 0 aliphatic rings. The summed E-state index contributed by atoms with van der Waals surface area (Å²) in [6.07, 6.45) is 3.60. The highest BCUT2D eigenvalue weighted by molar-refractivity contribution is 6.31. The average Bonchev–Trinajstić information content (AvgIpc) is 2.97. The Morgan fingerprint density at radius 2 is 1.84 bits per heavy atom. The normalized spacial score (nSPS) is 11.1. The molecular weight excluding hydrogens is 342 g/mol.